The number of carbonyl (C=O) groups is 5. The van der Waals surface area contributed by atoms with Gasteiger partial charge in [-0.3, -0.25) is 37.6 Å². The van der Waals surface area contributed by atoms with Crippen LogP contribution in [0.2, 0.25) is 0 Å². The van der Waals surface area contributed by atoms with Crippen LogP contribution in [0.5, 0.6) is 0 Å². The van der Waals surface area contributed by atoms with Gasteiger partial charge in [-0.2, -0.15) is 4.31 Å². The van der Waals surface area contributed by atoms with Gasteiger partial charge < -0.3 is 59.3 Å². The Balaban J connectivity index is 1.82. The van der Waals surface area contributed by atoms with Gasteiger partial charge in [-0.15, -0.1) is 0 Å². The minimum absolute atomic E-state index is 0.00944. The summed E-state index contributed by atoms with van der Waals surface area (Å²) in [4.78, 5) is 92.4. The van der Waals surface area contributed by atoms with E-state index in [0.717, 1.165) is 47.3 Å². The van der Waals surface area contributed by atoms with Crippen LogP contribution < -0.4 is 5.73 Å². The molecule has 2 aromatic heterocycles. The fourth-order valence-electron chi connectivity index (χ4n) is 5.26. The number of phosphoric acid groups is 2. The Morgan fingerprint density at radius 3 is 1.98 bits per heavy atom. The first-order chi connectivity index (χ1) is 25.9. The van der Waals surface area contributed by atoms with E-state index in [9.17, 15) is 58.2 Å². The molecule has 1 fully saturated rings. The number of nitrogens with zero attached hydrogens (tertiary/aromatic N) is 4. The Morgan fingerprint density at radius 2 is 1.41 bits per heavy atom. The molecule has 26 nitrogen and oxygen atoms in total. The fraction of sp³-hybridized carbons (Fsp3) is 0.643. The number of esters is 5. The van der Waals surface area contributed by atoms with Gasteiger partial charge in [0.15, 0.2) is 29.9 Å². The third kappa shape index (κ3) is 12.7. The van der Waals surface area contributed by atoms with Gasteiger partial charge in [0.1, 0.15) is 49.0 Å². The molecule has 0 bridgehead atoms. The number of carbonyl (C=O) groups excluding carboxylic acids is 5. The lowest BCUT2D eigenvalue weighted by Gasteiger charge is -2.38. The van der Waals surface area contributed by atoms with Gasteiger partial charge in [0, 0.05) is 40.5 Å². The van der Waals surface area contributed by atoms with Crippen molar-refractivity contribution >= 4 is 62.5 Å². The molecule has 1 aliphatic heterocycles. The van der Waals surface area contributed by atoms with Crippen LogP contribution in [0.25, 0.3) is 11.2 Å². The fourth-order valence-corrected chi connectivity index (χ4v) is 7.38. The number of nitrogen functional groups attached to an aromatic ring is 1. The van der Waals surface area contributed by atoms with Crippen molar-refractivity contribution in [2.75, 3.05) is 18.9 Å². The molecule has 2 aromatic rings. The summed E-state index contributed by atoms with van der Waals surface area (Å²) in [6.45, 7) is 4.04. The van der Waals surface area contributed by atoms with Crippen molar-refractivity contribution in [3.05, 3.63) is 12.7 Å². The molecule has 12 atom stereocenters. The van der Waals surface area contributed by atoms with E-state index >= 15 is 0 Å². The largest absolute Gasteiger partial charge is 0.483 e. The molecule has 0 amide bonds. The van der Waals surface area contributed by atoms with Crippen LogP contribution in [-0.2, 0) is 74.9 Å². The molecule has 0 aromatic carbocycles. The number of rotatable bonds is 19. The summed E-state index contributed by atoms with van der Waals surface area (Å²) in [7, 11) is -11.7. The van der Waals surface area contributed by atoms with Gasteiger partial charge in [0.25, 0.3) is 0 Å². The smallest absolute Gasteiger partial charge is 0.462 e. The summed E-state index contributed by atoms with van der Waals surface area (Å²) in [6.07, 6.45) is -15.1. The quantitative estimate of drug-likeness (QED) is 0.0406. The van der Waals surface area contributed by atoms with Gasteiger partial charge in [-0.1, -0.05) is 6.92 Å². The maximum atomic E-state index is 13.0. The monoisotopic (exact) mass is 845 g/mol. The number of nitrogens with two attached hydrogens (primary N) is 1. The van der Waals surface area contributed by atoms with E-state index in [4.69, 9.17) is 38.7 Å². The van der Waals surface area contributed by atoms with Crippen LogP contribution in [-0.4, -0.2) is 137 Å². The van der Waals surface area contributed by atoms with Crippen LogP contribution in [0.15, 0.2) is 12.7 Å². The second kappa shape index (κ2) is 19.3. The van der Waals surface area contributed by atoms with Gasteiger partial charge >= 0.3 is 45.5 Å². The first-order valence-electron chi connectivity index (χ1n) is 16.1. The van der Waals surface area contributed by atoms with E-state index in [2.05, 4.69) is 23.8 Å². The molecule has 11 unspecified atom stereocenters. The molecule has 1 aliphatic rings. The molecule has 3 rings (SSSR count). The molecule has 28 heteroatoms. The molecule has 56 heavy (non-hydrogen) atoms. The molecule has 7 N–H and O–H groups in total. The first-order valence-corrected chi connectivity index (χ1v) is 19.1. The number of phosphoric ester groups is 2. The maximum Gasteiger partial charge on any atom is 0.483 e. The first kappa shape index (κ1) is 46.2. The van der Waals surface area contributed by atoms with E-state index in [0.29, 0.717) is 0 Å². The normalized spacial score (nSPS) is 23.6. The SMILES string of the molecule is CC(=O)OC[C@@H](OC(C)=O)C(C)C(OC(C)=O)C(OC(C)=O)C(OC(C)=O)C(O)OP(=O)(O)OP(=O)(O)OCC1OC(n2cnc3c(N)ncnc32)C(O)C1O. The third-order valence-corrected chi connectivity index (χ3v) is 10.2. The van der Waals surface area contributed by atoms with Gasteiger partial charge in [0.05, 0.1) is 12.9 Å². The lowest BCUT2D eigenvalue weighted by Crippen LogP contribution is -2.55. The molecule has 0 spiro atoms. The number of hydrogen-bond acceptors (Lipinski definition) is 23. The topological polar surface area (TPSA) is 373 Å². The van der Waals surface area contributed by atoms with Crippen molar-refractivity contribution in [3.63, 3.8) is 0 Å². The Bertz CT molecular complexity index is 1850. The average molecular weight is 846 g/mol. The number of aliphatic hydroxyl groups is 3. The highest BCUT2D eigenvalue weighted by Crippen LogP contribution is 2.61. The van der Waals surface area contributed by atoms with E-state index in [1.807, 2.05) is 0 Å². The molecule has 0 aliphatic carbocycles. The summed E-state index contributed by atoms with van der Waals surface area (Å²) < 4.78 is 71.6. The summed E-state index contributed by atoms with van der Waals surface area (Å²) in [5.41, 5.74) is 5.98. The predicted octanol–water partition coefficient (Wildman–Crippen LogP) is -1.48. The molecule has 314 valence electrons. The van der Waals surface area contributed by atoms with E-state index in [1.54, 1.807) is 0 Å². The van der Waals surface area contributed by atoms with Gasteiger partial charge in [-0.05, 0) is 0 Å². The molecular formula is C28H41N5O21P2. The van der Waals surface area contributed by atoms with Crippen LogP contribution >= 0.6 is 15.6 Å². The average Bonchev–Trinajstić information content (AvgIpc) is 3.61. The Hall–Kier alpha value is -4.20. The molecule has 3 heterocycles. The van der Waals surface area contributed by atoms with Crippen molar-refractivity contribution in [1.82, 2.24) is 19.5 Å². The number of imidazole rings is 1. The Morgan fingerprint density at radius 1 is 0.839 bits per heavy atom. The van der Waals surface area contributed by atoms with Crippen molar-refractivity contribution in [2.45, 2.75) is 96.8 Å². The summed E-state index contributed by atoms with van der Waals surface area (Å²) >= 11 is 0. The van der Waals surface area contributed by atoms with Crippen LogP contribution in [0.1, 0.15) is 47.8 Å². The van der Waals surface area contributed by atoms with Crippen LogP contribution in [0.3, 0.4) is 0 Å². The van der Waals surface area contributed by atoms with Crippen molar-refractivity contribution in [3.8, 4) is 0 Å². The van der Waals surface area contributed by atoms with Crippen molar-refractivity contribution in [2.24, 2.45) is 5.92 Å². The lowest BCUT2D eigenvalue weighted by molar-refractivity contribution is -0.222. The predicted molar refractivity (Wildman–Crippen MR) is 177 cm³/mol. The number of aromatic nitrogens is 4. The highest BCUT2D eigenvalue weighted by molar-refractivity contribution is 7.61. The molecule has 1 saturated heterocycles. The van der Waals surface area contributed by atoms with E-state index < -0.39 is 120 Å². The molecule has 0 radical (unpaired) electrons. The summed E-state index contributed by atoms with van der Waals surface area (Å²) in [5, 5.41) is 32.1. The third-order valence-electron chi connectivity index (χ3n) is 7.56. The lowest BCUT2D eigenvalue weighted by atomic mass is 9.90. The number of aliphatic hydroxyl groups excluding tert-OH is 3. The minimum atomic E-state index is -6.00. The van der Waals surface area contributed by atoms with Crippen molar-refractivity contribution < 1.29 is 100.0 Å². The second-order valence-electron chi connectivity index (χ2n) is 12.0. The van der Waals surface area contributed by atoms with Gasteiger partial charge in [-0.25, -0.2) is 24.1 Å². The maximum absolute atomic E-state index is 13.0. The van der Waals surface area contributed by atoms with Crippen LogP contribution in [0, 0.1) is 5.92 Å². The Kier molecular flexibility index (Phi) is 15.9. The second-order valence-corrected chi connectivity index (χ2v) is 15.0. The van der Waals surface area contributed by atoms with Crippen molar-refractivity contribution in [1.29, 1.82) is 0 Å². The Labute approximate surface area is 316 Å². The zero-order valence-electron chi connectivity index (χ0n) is 30.4. The van der Waals surface area contributed by atoms with E-state index in [1.165, 1.54) is 11.5 Å². The number of hydrogen-bond donors (Lipinski definition) is 6. The van der Waals surface area contributed by atoms with Crippen LogP contribution in [0.4, 0.5) is 5.82 Å². The molecule has 0 saturated carbocycles. The number of anilines is 1. The van der Waals surface area contributed by atoms with Gasteiger partial charge in [0.2, 0.25) is 6.29 Å². The summed E-state index contributed by atoms with van der Waals surface area (Å²) in [6, 6.07) is 0. The zero-order valence-corrected chi connectivity index (χ0v) is 32.2. The molecular weight excluding hydrogens is 804 g/mol. The zero-order chi connectivity index (χ0) is 42.3. The minimum Gasteiger partial charge on any atom is -0.462 e. The highest BCUT2D eigenvalue weighted by atomic mass is 31.3. The standard InChI is InChI=1S/C28H41N5O21P2/c1-11(17(48-13(3)35)7-46-12(2)34)22(49-14(4)36)23(50-15(5)37)24(51-16(6)38)28(41)53-56(44,45)54-55(42,43)47-8-18-20(39)21(40)27(52-18)33-10-32-19-25(29)30-9-31-26(19)33/h9-11,17-18,20-24,27-28,39-41H,7-8H2,1-6H3,(H,42,43)(H,44,45)(H2,29,30,31)/t11?,17-,18?,20?,21?,22?,23?,24?,27?,28?/m1/s1. The number of ether oxygens (including phenoxy) is 6. The highest BCUT2D eigenvalue weighted by Gasteiger charge is 2.50. The number of fused-ring (bicyclic) bond motifs is 1. The van der Waals surface area contributed by atoms with E-state index in [-0.39, 0.29) is 17.0 Å². The summed E-state index contributed by atoms with van der Waals surface area (Å²) in [5.74, 6) is -6.58.